The summed E-state index contributed by atoms with van der Waals surface area (Å²) in [6, 6.07) is 7.30. The van der Waals surface area contributed by atoms with Gasteiger partial charge < -0.3 is 15.6 Å². The smallest absolute Gasteiger partial charge is 0.238 e. The third-order valence-electron chi connectivity index (χ3n) is 6.27. The van der Waals surface area contributed by atoms with Crippen LogP contribution in [0.4, 0.5) is 0 Å². The van der Waals surface area contributed by atoms with Crippen LogP contribution < -0.4 is 10.6 Å². The molecule has 9 heteroatoms. The molecule has 2 fully saturated rings. The molecule has 2 aromatic rings. The molecule has 1 aliphatic heterocycles. The van der Waals surface area contributed by atoms with Crippen LogP contribution in [0.2, 0.25) is 0 Å². The number of amides is 2. The number of H-pyrrole nitrogens is 1. The Kier molecular flexibility index (Phi) is 4.90. The lowest BCUT2D eigenvalue weighted by atomic mass is 9.99. The van der Waals surface area contributed by atoms with Crippen molar-refractivity contribution in [2.75, 3.05) is 26.4 Å². The summed E-state index contributed by atoms with van der Waals surface area (Å²) in [6.07, 6.45) is 4.79. The number of carbonyl (C=O) groups excluding carboxylic acids is 2. The molecule has 2 heterocycles. The maximum Gasteiger partial charge on any atom is 0.238 e. The monoisotopic (exact) mass is 418 g/mol. The SMILES string of the molecule is CNC(=O)[C@@H]1C[C@@]2(C[C@@H]2C(=O)NCCc2c[nH]c3ccccc23)CN1S(C)(=O)=O. The zero-order valence-electron chi connectivity index (χ0n) is 16.6. The average Bonchev–Trinajstić information content (AvgIpc) is 3.03. The van der Waals surface area contributed by atoms with Crippen molar-refractivity contribution in [3.8, 4) is 0 Å². The van der Waals surface area contributed by atoms with Crippen molar-refractivity contribution in [2.24, 2.45) is 11.3 Å². The number of rotatable bonds is 6. The van der Waals surface area contributed by atoms with Gasteiger partial charge in [0.15, 0.2) is 0 Å². The molecule has 3 atom stereocenters. The minimum Gasteiger partial charge on any atom is -0.361 e. The predicted molar refractivity (Wildman–Crippen MR) is 110 cm³/mol. The first-order chi connectivity index (χ1) is 13.7. The van der Waals surface area contributed by atoms with E-state index in [2.05, 4.69) is 21.7 Å². The summed E-state index contributed by atoms with van der Waals surface area (Å²) in [5.74, 6) is -0.627. The minimum atomic E-state index is -3.52. The lowest BCUT2D eigenvalue weighted by Crippen LogP contribution is -2.44. The molecule has 156 valence electrons. The Balaban J connectivity index is 1.37. The van der Waals surface area contributed by atoms with Crippen molar-refractivity contribution in [3.05, 3.63) is 36.0 Å². The number of sulfonamides is 1. The third-order valence-corrected chi connectivity index (χ3v) is 7.50. The van der Waals surface area contributed by atoms with Gasteiger partial charge in [-0.2, -0.15) is 4.31 Å². The molecule has 1 saturated carbocycles. The Morgan fingerprint density at radius 2 is 2.00 bits per heavy atom. The Morgan fingerprint density at radius 3 is 2.72 bits per heavy atom. The fraction of sp³-hybridized carbons (Fsp3) is 0.500. The summed E-state index contributed by atoms with van der Waals surface area (Å²) in [7, 11) is -2.02. The van der Waals surface area contributed by atoms with Crippen LogP contribution in [-0.2, 0) is 26.0 Å². The average molecular weight is 419 g/mol. The zero-order valence-corrected chi connectivity index (χ0v) is 17.4. The molecule has 2 amide bonds. The molecule has 1 aliphatic carbocycles. The third kappa shape index (κ3) is 3.64. The van der Waals surface area contributed by atoms with Crippen molar-refractivity contribution < 1.29 is 18.0 Å². The summed E-state index contributed by atoms with van der Waals surface area (Å²) in [6.45, 7) is 0.742. The molecule has 0 bridgehead atoms. The topological polar surface area (TPSA) is 111 Å². The number of fused-ring (bicyclic) bond motifs is 1. The van der Waals surface area contributed by atoms with Gasteiger partial charge in [-0.15, -0.1) is 0 Å². The highest BCUT2D eigenvalue weighted by Crippen LogP contribution is 2.60. The molecule has 1 aromatic heterocycles. The van der Waals surface area contributed by atoms with Crippen LogP contribution in [-0.4, -0.2) is 62.0 Å². The van der Waals surface area contributed by atoms with Gasteiger partial charge in [-0.05, 0) is 36.3 Å². The Bertz CT molecular complexity index is 1060. The molecule has 1 aromatic carbocycles. The van der Waals surface area contributed by atoms with Crippen molar-refractivity contribution in [1.82, 2.24) is 19.9 Å². The second-order valence-electron chi connectivity index (χ2n) is 8.16. The Morgan fingerprint density at radius 1 is 1.24 bits per heavy atom. The molecule has 4 rings (SSSR count). The first kappa shape index (κ1) is 19.9. The molecule has 1 saturated heterocycles. The van der Waals surface area contributed by atoms with Crippen LogP contribution in [0.25, 0.3) is 10.9 Å². The summed E-state index contributed by atoms with van der Waals surface area (Å²) in [5, 5.41) is 6.67. The molecular formula is C20H26N4O4S. The second-order valence-corrected chi connectivity index (χ2v) is 10.1. The van der Waals surface area contributed by atoms with Crippen molar-refractivity contribution in [3.63, 3.8) is 0 Å². The van der Waals surface area contributed by atoms with Gasteiger partial charge in [-0.25, -0.2) is 8.42 Å². The number of aromatic amines is 1. The summed E-state index contributed by atoms with van der Waals surface area (Å²) < 4.78 is 25.5. The van der Waals surface area contributed by atoms with Crippen LogP contribution in [0.1, 0.15) is 18.4 Å². The number of aromatic nitrogens is 1. The molecular weight excluding hydrogens is 392 g/mol. The molecule has 29 heavy (non-hydrogen) atoms. The number of para-hydroxylation sites is 1. The van der Waals surface area contributed by atoms with Crippen LogP contribution in [0.3, 0.4) is 0 Å². The van der Waals surface area contributed by atoms with E-state index < -0.39 is 21.5 Å². The van der Waals surface area contributed by atoms with E-state index in [9.17, 15) is 18.0 Å². The van der Waals surface area contributed by atoms with E-state index >= 15 is 0 Å². The zero-order chi connectivity index (χ0) is 20.8. The molecule has 0 unspecified atom stereocenters. The van der Waals surface area contributed by atoms with E-state index in [1.54, 1.807) is 0 Å². The summed E-state index contributed by atoms with van der Waals surface area (Å²) in [5.41, 5.74) is 1.79. The van der Waals surface area contributed by atoms with Crippen molar-refractivity contribution in [1.29, 1.82) is 0 Å². The summed E-state index contributed by atoms with van der Waals surface area (Å²) >= 11 is 0. The quantitative estimate of drug-likeness (QED) is 0.638. The molecule has 2 aliphatic rings. The fourth-order valence-electron chi connectivity index (χ4n) is 4.61. The number of hydrogen-bond donors (Lipinski definition) is 3. The molecule has 0 radical (unpaired) electrons. The van der Waals surface area contributed by atoms with Gasteiger partial charge >= 0.3 is 0 Å². The van der Waals surface area contributed by atoms with Crippen LogP contribution >= 0.6 is 0 Å². The fourth-order valence-corrected chi connectivity index (χ4v) is 5.74. The normalized spacial score (nSPS) is 26.7. The van der Waals surface area contributed by atoms with E-state index in [-0.39, 0.29) is 24.3 Å². The highest BCUT2D eigenvalue weighted by Gasteiger charge is 2.65. The van der Waals surface area contributed by atoms with E-state index in [0.717, 1.165) is 22.7 Å². The van der Waals surface area contributed by atoms with Gasteiger partial charge in [0.2, 0.25) is 21.8 Å². The minimum absolute atomic E-state index is 0.0594. The van der Waals surface area contributed by atoms with Crippen LogP contribution in [0.5, 0.6) is 0 Å². The van der Waals surface area contributed by atoms with Crippen molar-refractivity contribution in [2.45, 2.75) is 25.3 Å². The van der Waals surface area contributed by atoms with Crippen molar-refractivity contribution >= 4 is 32.7 Å². The van der Waals surface area contributed by atoms with Crippen LogP contribution in [0.15, 0.2) is 30.5 Å². The Labute approximate surface area is 170 Å². The molecule has 8 nitrogen and oxygen atoms in total. The number of carbonyl (C=O) groups is 2. The maximum absolute atomic E-state index is 12.7. The number of nitrogens with zero attached hydrogens (tertiary/aromatic N) is 1. The first-order valence-corrected chi connectivity index (χ1v) is 11.6. The largest absolute Gasteiger partial charge is 0.361 e. The van der Waals surface area contributed by atoms with E-state index in [4.69, 9.17) is 0 Å². The number of hydrogen-bond acceptors (Lipinski definition) is 4. The molecule has 3 N–H and O–H groups in total. The standard InChI is InChI=1S/C20H26N4O4S/c1-21-19(26)17-10-20(12-24(17)29(2,27)28)9-15(20)18(25)22-8-7-13-11-23-16-6-4-3-5-14(13)16/h3-6,11,15,17,23H,7-10,12H2,1-2H3,(H,21,26)(H,22,25)/t15-,17+,20+/m1/s1. The van der Waals surface area contributed by atoms with E-state index in [1.165, 1.54) is 11.4 Å². The maximum atomic E-state index is 12.7. The van der Waals surface area contributed by atoms with Gasteiger partial charge in [-0.3, -0.25) is 9.59 Å². The predicted octanol–water partition coefficient (Wildman–Crippen LogP) is 0.613. The van der Waals surface area contributed by atoms with Gasteiger partial charge in [0.25, 0.3) is 0 Å². The van der Waals surface area contributed by atoms with Gasteiger partial charge in [-0.1, -0.05) is 18.2 Å². The highest BCUT2D eigenvalue weighted by atomic mass is 32.2. The number of likely N-dealkylation sites (N-methyl/N-ethyl adjacent to an activating group) is 1. The number of nitrogens with one attached hydrogen (secondary N) is 3. The van der Waals surface area contributed by atoms with Gasteiger partial charge in [0.1, 0.15) is 6.04 Å². The second kappa shape index (κ2) is 7.14. The van der Waals surface area contributed by atoms with Gasteiger partial charge in [0.05, 0.1) is 6.26 Å². The number of benzene rings is 1. The first-order valence-electron chi connectivity index (χ1n) is 9.76. The van der Waals surface area contributed by atoms with Gasteiger partial charge in [0, 0.05) is 43.2 Å². The van der Waals surface area contributed by atoms with Crippen LogP contribution in [0, 0.1) is 11.3 Å². The lowest BCUT2D eigenvalue weighted by molar-refractivity contribution is -0.124. The van der Waals surface area contributed by atoms with E-state index in [0.29, 0.717) is 25.8 Å². The molecule has 1 spiro atoms. The Hall–Kier alpha value is -2.39. The highest BCUT2D eigenvalue weighted by molar-refractivity contribution is 7.88. The summed E-state index contributed by atoms with van der Waals surface area (Å²) in [4.78, 5) is 28.1. The van der Waals surface area contributed by atoms with E-state index in [1.807, 2.05) is 24.4 Å². The lowest BCUT2D eigenvalue weighted by Gasteiger charge is -2.20.